The molecule has 0 unspecified atom stereocenters. The number of halogens is 1. The number of hydrogen-bond donors (Lipinski definition) is 1. The number of carbonyl (C=O) groups is 2. The van der Waals surface area contributed by atoms with Crippen molar-refractivity contribution in [3.63, 3.8) is 0 Å². The minimum absolute atomic E-state index is 0.136. The lowest BCUT2D eigenvalue weighted by Crippen LogP contribution is -2.53. The highest BCUT2D eigenvalue weighted by Crippen LogP contribution is 2.23. The number of carbonyl (C=O) groups excluding carboxylic acids is 2. The Morgan fingerprint density at radius 3 is 2.30 bits per heavy atom. The molecule has 0 heterocycles. The molecule has 4 rings (SSSR count). The highest BCUT2D eigenvalue weighted by atomic mass is 35.5. The normalized spacial score (nSPS) is 14.2. The Labute approximate surface area is 224 Å². The zero-order valence-electron chi connectivity index (χ0n) is 21.4. The van der Waals surface area contributed by atoms with Gasteiger partial charge in [0.1, 0.15) is 11.8 Å². The van der Waals surface area contributed by atoms with E-state index in [4.69, 9.17) is 16.3 Å². The van der Waals surface area contributed by atoms with E-state index >= 15 is 0 Å². The fraction of sp³-hybridized carbons (Fsp3) is 0.355. The van der Waals surface area contributed by atoms with E-state index in [1.165, 1.54) is 5.56 Å². The smallest absolute Gasteiger partial charge is 0.261 e. The lowest BCUT2D eigenvalue weighted by molar-refractivity contribution is -0.143. The number of benzene rings is 3. The second-order valence-electron chi connectivity index (χ2n) is 9.59. The largest absolute Gasteiger partial charge is 0.484 e. The van der Waals surface area contributed by atoms with E-state index < -0.39 is 6.04 Å². The van der Waals surface area contributed by atoms with Gasteiger partial charge in [0.15, 0.2) is 6.61 Å². The van der Waals surface area contributed by atoms with Crippen molar-refractivity contribution in [2.75, 3.05) is 6.61 Å². The Morgan fingerprint density at radius 2 is 1.62 bits per heavy atom. The summed E-state index contributed by atoms with van der Waals surface area (Å²) >= 11 is 6.49. The molecule has 1 N–H and O–H groups in total. The molecule has 1 saturated carbocycles. The van der Waals surface area contributed by atoms with E-state index in [-0.39, 0.29) is 31.0 Å². The van der Waals surface area contributed by atoms with Crippen molar-refractivity contribution in [2.45, 2.75) is 64.1 Å². The van der Waals surface area contributed by atoms with Gasteiger partial charge in [-0.3, -0.25) is 9.59 Å². The van der Waals surface area contributed by atoms with Crippen molar-refractivity contribution >= 4 is 23.4 Å². The molecule has 0 saturated heterocycles. The first-order chi connectivity index (χ1) is 18.0. The second kappa shape index (κ2) is 13.3. The van der Waals surface area contributed by atoms with Gasteiger partial charge in [0, 0.05) is 24.0 Å². The summed E-state index contributed by atoms with van der Waals surface area (Å²) < 4.78 is 5.87. The quantitative estimate of drug-likeness (QED) is 0.339. The molecule has 1 atom stereocenters. The summed E-state index contributed by atoms with van der Waals surface area (Å²) in [7, 11) is 0. The SMILES string of the molecule is CCc1ccc(OCC(=O)N(Cc2ccccc2Cl)[C@@H](Cc2ccccc2)C(=O)NC2CCCC2)cc1. The molecule has 0 bridgehead atoms. The van der Waals surface area contributed by atoms with Crippen LogP contribution < -0.4 is 10.1 Å². The van der Waals surface area contributed by atoms with Crippen molar-refractivity contribution in [2.24, 2.45) is 0 Å². The molecule has 37 heavy (non-hydrogen) atoms. The van der Waals surface area contributed by atoms with Crippen LogP contribution in [0.15, 0.2) is 78.9 Å². The van der Waals surface area contributed by atoms with Crippen LogP contribution in [0.4, 0.5) is 0 Å². The Hall–Kier alpha value is -3.31. The number of amides is 2. The van der Waals surface area contributed by atoms with Gasteiger partial charge in [-0.05, 0) is 54.2 Å². The first-order valence-corrected chi connectivity index (χ1v) is 13.5. The molecule has 0 aliphatic heterocycles. The number of rotatable bonds is 11. The van der Waals surface area contributed by atoms with Gasteiger partial charge >= 0.3 is 0 Å². The third kappa shape index (κ3) is 7.59. The summed E-state index contributed by atoms with van der Waals surface area (Å²) in [6, 6.07) is 24.4. The van der Waals surface area contributed by atoms with E-state index in [2.05, 4.69) is 12.2 Å². The Bertz CT molecular complexity index is 1160. The maximum Gasteiger partial charge on any atom is 0.261 e. The monoisotopic (exact) mass is 518 g/mol. The Morgan fingerprint density at radius 1 is 0.946 bits per heavy atom. The van der Waals surface area contributed by atoms with Crippen LogP contribution >= 0.6 is 11.6 Å². The molecule has 1 aliphatic rings. The summed E-state index contributed by atoms with van der Waals surface area (Å²) in [6.45, 7) is 2.14. The van der Waals surface area contributed by atoms with Gasteiger partial charge in [0.2, 0.25) is 5.91 Å². The van der Waals surface area contributed by atoms with E-state index in [0.29, 0.717) is 17.2 Å². The minimum atomic E-state index is -0.696. The van der Waals surface area contributed by atoms with Crippen LogP contribution in [0.25, 0.3) is 0 Å². The van der Waals surface area contributed by atoms with Gasteiger partial charge in [0.25, 0.3) is 5.91 Å². The van der Waals surface area contributed by atoms with Gasteiger partial charge in [-0.15, -0.1) is 0 Å². The molecule has 1 fully saturated rings. The fourth-order valence-electron chi connectivity index (χ4n) is 4.78. The lowest BCUT2D eigenvalue weighted by atomic mass is 10.0. The van der Waals surface area contributed by atoms with Crippen LogP contribution in [0.3, 0.4) is 0 Å². The van der Waals surface area contributed by atoms with Gasteiger partial charge in [-0.2, -0.15) is 0 Å². The van der Waals surface area contributed by atoms with Crippen LogP contribution in [0.2, 0.25) is 5.02 Å². The Kier molecular flexibility index (Phi) is 9.61. The number of nitrogens with zero attached hydrogens (tertiary/aromatic N) is 1. The van der Waals surface area contributed by atoms with Crippen LogP contribution in [0.1, 0.15) is 49.3 Å². The number of nitrogens with one attached hydrogen (secondary N) is 1. The lowest BCUT2D eigenvalue weighted by Gasteiger charge is -2.32. The first-order valence-electron chi connectivity index (χ1n) is 13.1. The zero-order valence-corrected chi connectivity index (χ0v) is 22.1. The van der Waals surface area contributed by atoms with E-state index in [1.807, 2.05) is 72.8 Å². The van der Waals surface area contributed by atoms with Crippen LogP contribution in [0, 0.1) is 0 Å². The average molecular weight is 519 g/mol. The average Bonchev–Trinajstić information content (AvgIpc) is 3.44. The van der Waals surface area contributed by atoms with Gasteiger partial charge < -0.3 is 15.0 Å². The van der Waals surface area contributed by atoms with Crippen LogP contribution in [-0.2, 0) is 29.0 Å². The van der Waals surface area contributed by atoms with Crippen LogP contribution in [-0.4, -0.2) is 35.4 Å². The topological polar surface area (TPSA) is 58.6 Å². The molecule has 6 heteroatoms. The zero-order chi connectivity index (χ0) is 26.0. The van der Waals surface area contributed by atoms with Crippen molar-refractivity contribution in [1.82, 2.24) is 10.2 Å². The molecule has 3 aromatic rings. The second-order valence-corrected chi connectivity index (χ2v) is 10.0. The third-order valence-electron chi connectivity index (χ3n) is 6.97. The number of ether oxygens (including phenoxy) is 1. The van der Waals surface area contributed by atoms with Crippen molar-refractivity contribution < 1.29 is 14.3 Å². The highest BCUT2D eigenvalue weighted by molar-refractivity contribution is 6.31. The van der Waals surface area contributed by atoms with E-state index in [1.54, 1.807) is 11.0 Å². The molecular formula is C31H35ClN2O3. The number of aryl methyl sites for hydroxylation is 1. The highest BCUT2D eigenvalue weighted by Gasteiger charge is 2.32. The van der Waals surface area contributed by atoms with Crippen molar-refractivity contribution in [3.8, 4) is 5.75 Å². The summed E-state index contributed by atoms with van der Waals surface area (Å²) in [6.07, 6.45) is 5.50. The molecule has 0 aromatic heterocycles. The molecule has 5 nitrogen and oxygen atoms in total. The van der Waals surface area contributed by atoms with Crippen LogP contribution in [0.5, 0.6) is 5.75 Å². The molecule has 1 aliphatic carbocycles. The van der Waals surface area contributed by atoms with Gasteiger partial charge in [-0.1, -0.05) is 92.0 Å². The van der Waals surface area contributed by atoms with E-state index in [0.717, 1.165) is 43.2 Å². The predicted molar refractivity (Wildman–Crippen MR) is 148 cm³/mol. The fourth-order valence-corrected chi connectivity index (χ4v) is 4.98. The molecule has 194 valence electrons. The summed E-state index contributed by atoms with van der Waals surface area (Å²) in [5, 5.41) is 3.78. The van der Waals surface area contributed by atoms with Gasteiger partial charge in [-0.25, -0.2) is 0 Å². The summed E-state index contributed by atoms with van der Waals surface area (Å²) in [5.41, 5.74) is 2.98. The maximum absolute atomic E-state index is 13.7. The Balaban J connectivity index is 1.60. The molecule has 0 radical (unpaired) electrons. The van der Waals surface area contributed by atoms with Gasteiger partial charge in [0.05, 0.1) is 0 Å². The van der Waals surface area contributed by atoms with Crippen molar-refractivity contribution in [1.29, 1.82) is 0 Å². The minimum Gasteiger partial charge on any atom is -0.484 e. The predicted octanol–water partition coefficient (Wildman–Crippen LogP) is 5.98. The maximum atomic E-state index is 13.7. The van der Waals surface area contributed by atoms with E-state index in [9.17, 15) is 9.59 Å². The molecular weight excluding hydrogens is 484 g/mol. The third-order valence-corrected chi connectivity index (χ3v) is 7.33. The summed E-state index contributed by atoms with van der Waals surface area (Å²) in [5.74, 6) is 0.226. The molecule has 2 amide bonds. The number of hydrogen-bond acceptors (Lipinski definition) is 3. The standard InChI is InChI=1S/C31H35ClN2O3/c1-2-23-16-18-27(19-17-23)37-22-30(35)34(21-25-12-6-9-15-28(25)32)29(20-24-10-4-3-5-11-24)31(36)33-26-13-7-8-14-26/h3-6,9-12,15-19,26,29H,2,7-8,13-14,20-22H2,1H3,(H,33,36)/t29-/m0/s1. The molecule has 0 spiro atoms. The summed E-state index contributed by atoms with van der Waals surface area (Å²) in [4.78, 5) is 29.0. The first kappa shape index (κ1) is 26.7. The van der Waals surface area contributed by atoms with Crippen molar-refractivity contribution in [3.05, 3.63) is 101 Å². The molecule has 3 aromatic carbocycles.